The van der Waals surface area contributed by atoms with Crippen LogP contribution in [0.4, 0.5) is 4.39 Å². The highest BCUT2D eigenvalue weighted by Gasteiger charge is 2.17. The van der Waals surface area contributed by atoms with Gasteiger partial charge in [-0.1, -0.05) is 25.1 Å². The minimum Gasteiger partial charge on any atom is -0.493 e. The maximum absolute atomic E-state index is 13.7. The first-order valence-corrected chi connectivity index (χ1v) is 6.30. The lowest BCUT2D eigenvalue weighted by atomic mass is 9.99. The molecule has 1 heterocycles. The predicted octanol–water partition coefficient (Wildman–Crippen LogP) is 3.06. The Hall–Kier alpha value is -1.94. The Balaban J connectivity index is 2.33. The Kier molecular flexibility index (Phi) is 4.47. The van der Waals surface area contributed by atoms with Gasteiger partial charge in [0, 0.05) is 17.3 Å². The minimum absolute atomic E-state index is 0.403. The SMILES string of the molecule is CCCOc1ccccc1C(N)c1ccncc1F. The highest BCUT2D eigenvalue weighted by atomic mass is 19.1. The van der Waals surface area contributed by atoms with Gasteiger partial charge in [-0.2, -0.15) is 0 Å². The van der Waals surface area contributed by atoms with Gasteiger partial charge < -0.3 is 10.5 Å². The van der Waals surface area contributed by atoms with Gasteiger partial charge in [-0.3, -0.25) is 4.98 Å². The molecule has 0 saturated heterocycles. The zero-order valence-electron chi connectivity index (χ0n) is 10.8. The van der Waals surface area contributed by atoms with Crippen LogP contribution in [0.1, 0.15) is 30.5 Å². The van der Waals surface area contributed by atoms with E-state index in [0.29, 0.717) is 17.9 Å². The molecule has 1 unspecified atom stereocenters. The fourth-order valence-corrected chi connectivity index (χ4v) is 1.89. The Morgan fingerprint density at radius 3 is 2.79 bits per heavy atom. The van der Waals surface area contributed by atoms with Crippen molar-refractivity contribution < 1.29 is 9.13 Å². The third-order valence-electron chi connectivity index (χ3n) is 2.85. The van der Waals surface area contributed by atoms with Gasteiger partial charge in [-0.15, -0.1) is 0 Å². The fraction of sp³-hybridized carbons (Fsp3) is 0.267. The van der Waals surface area contributed by atoms with Crippen LogP contribution in [-0.2, 0) is 0 Å². The minimum atomic E-state index is -0.559. The predicted molar refractivity (Wildman–Crippen MR) is 72.5 cm³/mol. The normalized spacial score (nSPS) is 12.2. The summed E-state index contributed by atoms with van der Waals surface area (Å²) in [7, 11) is 0. The maximum Gasteiger partial charge on any atom is 0.146 e. The van der Waals surface area contributed by atoms with Crippen molar-refractivity contribution in [2.75, 3.05) is 6.61 Å². The van der Waals surface area contributed by atoms with Crippen LogP contribution in [0, 0.1) is 5.82 Å². The lowest BCUT2D eigenvalue weighted by Gasteiger charge is -2.17. The zero-order chi connectivity index (χ0) is 13.7. The van der Waals surface area contributed by atoms with E-state index in [-0.39, 0.29) is 0 Å². The molecule has 3 nitrogen and oxygen atoms in total. The molecule has 0 aliphatic heterocycles. The van der Waals surface area contributed by atoms with E-state index in [2.05, 4.69) is 4.98 Å². The monoisotopic (exact) mass is 260 g/mol. The first-order valence-electron chi connectivity index (χ1n) is 6.30. The van der Waals surface area contributed by atoms with Crippen molar-refractivity contribution in [2.24, 2.45) is 5.73 Å². The Morgan fingerprint density at radius 1 is 1.26 bits per heavy atom. The zero-order valence-corrected chi connectivity index (χ0v) is 10.8. The molecule has 2 aromatic rings. The molecular formula is C15H17FN2O. The second-order valence-electron chi connectivity index (χ2n) is 4.26. The van der Waals surface area contributed by atoms with Crippen LogP contribution in [0.15, 0.2) is 42.7 Å². The van der Waals surface area contributed by atoms with Gasteiger partial charge in [0.2, 0.25) is 0 Å². The lowest BCUT2D eigenvalue weighted by Crippen LogP contribution is -2.15. The van der Waals surface area contributed by atoms with Crippen LogP contribution >= 0.6 is 0 Å². The Morgan fingerprint density at radius 2 is 2.05 bits per heavy atom. The van der Waals surface area contributed by atoms with Crippen LogP contribution < -0.4 is 10.5 Å². The van der Waals surface area contributed by atoms with E-state index in [9.17, 15) is 4.39 Å². The van der Waals surface area contributed by atoms with E-state index >= 15 is 0 Å². The smallest absolute Gasteiger partial charge is 0.146 e. The molecule has 1 aromatic carbocycles. The first kappa shape index (κ1) is 13.5. The molecule has 19 heavy (non-hydrogen) atoms. The molecule has 0 aliphatic rings. The highest BCUT2D eigenvalue weighted by molar-refractivity contribution is 5.41. The van der Waals surface area contributed by atoms with Crippen molar-refractivity contribution in [3.63, 3.8) is 0 Å². The topological polar surface area (TPSA) is 48.1 Å². The van der Waals surface area contributed by atoms with Gasteiger partial charge >= 0.3 is 0 Å². The number of nitrogens with two attached hydrogens (primary N) is 1. The third kappa shape index (κ3) is 3.09. The summed E-state index contributed by atoms with van der Waals surface area (Å²) in [5.41, 5.74) is 7.34. The number of rotatable bonds is 5. The van der Waals surface area contributed by atoms with E-state index in [0.717, 1.165) is 12.0 Å². The van der Waals surface area contributed by atoms with Crippen LogP contribution in [0.2, 0.25) is 0 Å². The molecule has 1 aromatic heterocycles. The van der Waals surface area contributed by atoms with E-state index in [1.165, 1.54) is 12.4 Å². The molecule has 0 bridgehead atoms. The standard InChI is InChI=1S/C15H17FN2O/c1-2-9-19-14-6-4-3-5-12(14)15(17)11-7-8-18-10-13(11)16/h3-8,10,15H,2,9,17H2,1H3. The summed E-state index contributed by atoms with van der Waals surface area (Å²) in [6.07, 6.45) is 3.62. The molecule has 0 radical (unpaired) electrons. The molecule has 0 aliphatic carbocycles. The van der Waals surface area contributed by atoms with Crippen molar-refractivity contribution in [1.29, 1.82) is 0 Å². The maximum atomic E-state index is 13.7. The van der Waals surface area contributed by atoms with Gasteiger partial charge in [0.1, 0.15) is 11.6 Å². The first-order chi connectivity index (χ1) is 9.24. The molecule has 1 atom stereocenters. The molecule has 0 amide bonds. The molecule has 0 fully saturated rings. The fourth-order valence-electron chi connectivity index (χ4n) is 1.89. The summed E-state index contributed by atoms with van der Waals surface area (Å²) >= 11 is 0. The van der Waals surface area contributed by atoms with Crippen LogP contribution in [0.3, 0.4) is 0 Å². The van der Waals surface area contributed by atoms with E-state index in [1.807, 2.05) is 31.2 Å². The Labute approximate surface area is 112 Å². The molecule has 2 rings (SSSR count). The van der Waals surface area contributed by atoms with Gasteiger partial charge in [0.15, 0.2) is 0 Å². The van der Waals surface area contributed by atoms with Gasteiger partial charge in [-0.25, -0.2) is 4.39 Å². The molecular weight excluding hydrogens is 243 g/mol. The number of nitrogens with zero attached hydrogens (tertiary/aromatic N) is 1. The van der Waals surface area contributed by atoms with E-state index < -0.39 is 11.9 Å². The number of para-hydroxylation sites is 1. The number of benzene rings is 1. The quantitative estimate of drug-likeness (QED) is 0.898. The molecule has 2 N–H and O–H groups in total. The van der Waals surface area contributed by atoms with Crippen LogP contribution in [-0.4, -0.2) is 11.6 Å². The highest BCUT2D eigenvalue weighted by Crippen LogP contribution is 2.29. The molecule has 4 heteroatoms. The van der Waals surface area contributed by atoms with Gasteiger partial charge in [-0.05, 0) is 18.6 Å². The second-order valence-corrected chi connectivity index (χ2v) is 4.26. The molecule has 100 valence electrons. The van der Waals surface area contributed by atoms with E-state index in [4.69, 9.17) is 10.5 Å². The summed E-state index contributed by atoms with van der Waals surface area (Å²) in [5.74, 6) is 0.299. The van der Waals surface area contributed by atoms with Crippen molar-refractivity contribution in [3.05, 3.63) is 59.7 Å². The van der Waals surface area contributed by atoms with Crippen molar-refractivity contribution >= 4 is 0 Å². The van der Waals surface area contributed by atoms with Gasteiger partial charge in [0.05, 0.1) is 18.8 Å². The summed E-state index contributed by atoms with van der Waals surface area (Å²) < 4.78 is 19.4. The summed E-state index contributed by atoms with van der Waals surface area (Å²) in [4.78, 5) is 3.73. The van der Waals surface area contributed by atoms with Crippen molar-refractivity contribution in [1.82, 2.24) is 4.98 Å². The number of pyridine rings is 1. The number of ether oxygens (including phenoxy) is 1. The summed E-state index contributed by atoms with van der Waals surface area (Å²) in [6, 6.07) is 8.49. The van der Waals surface area contributed by atoms with Crippen LogP contribution in [0.25, 0.3) is 0 Å². The molecule has 0 spiro atoms. The average molecular weight is 260 g/mol. The largest absolute Gasteiger partial charge is 0.493 e. The van der Waals surface area contributed by atoms with Gasteiger partial charge in [0.25, 0.3) is 0 Å². The third-order valence-corrected chi connectivity index (χ3v) is 2.85. The van der Waals surface area contributed by atoms with E-state index in [1.54, 1.807) is 6.07 Å². The number of hydrogen-bond donors (Lipinski definition) is 1. The average Bonchev–Trinajstić information content (AvgIpc) is 2.45. The molecule has 0 saturated carbocycles. The van der Waals surface area contributed by atoms with Crippen molar-refractivity contribution in [2.45, 2.75) is 19.4 Å². The van der Waals surface area contributed by atoms with Crippen LogP contribution in [0.5, 0.6) is 5.75 Å². The summed E-state index contributed by atoms with van der Waals surface area (Å²) in [5, 5.41) is 0. The van der Waals surface area contributed by atoms with Crippen molar-refractivity contribution in [3.8, 4) is 5.75 Å². The number of halogens is 1. The Bertz CT molecular complexity index is 545. The second kappa shape index (κ2) is 6.29. The number of aromatic nitrogens is 1. The number of hydrogen-bond acceptors (Lipinski definition) is 3. The summed E-state index contributed by atoms with van der Waals surface area (Å²) in [6.45, 7) is 2.65. The lowest BCUT2D eigenvalue weighted by molar-refractivity contribution is 0.313.